The fourth-order valence-corrected chi connectivity index (χ4v) is 3.14. The first kappa shape index (κ1) is 14.4. The smallest absolute Gasteiger partial charge is 0.133 e. The monoisotopic (exact) mass is 301 g/mol. The summed E-state index contributed by atoms with van der Waals surface area (Å²) in [6, 6.07) is 6.01. The van der Waals surface area contributed by atoms with Crippen LogP contribution < -0.4 is 5.32 Å². The van der Waals surface area contributed by atoms with Crippen LogP contribution in [-0.4, -0.2) is 7.05 Å². The minimum absolute atomic E-state index is 0.0898. The first-order valence-corrected chi connectivity index (χ1v) is 7.08. The van der Waals surface area contributed by atoms with Crippen LogP contribution in [0.3, 0.4) is 0 Å². The SMILES string of the molecule is CNC(Cc1ccc(Cl)s1)c1c(F)ccc(C)c1F. The lowest BCUT2D eigenvalue weighted by molar-refractivity contribution is 0.487. The van der Waals surface area contributed by atoms with E-state index in [1.165, 1.54) is 23.5 Å². The molecule has 1 N–H and O–H groups in total. The number of likely N-dealkylation sites (N-methyl/N-ethyl adjacent to an activating group) is 1. The Morgan fingerprint density at radius 2 is 2.00 bits per heavy atom. The van der Waals surface area contributed by atoms with Crippen molar-refractivity contribution in [3.63, 3.8) is 0 Å². The summed E-state index contributed by atoms with van der Waals surface area (Å²) >= 11 is 7.29. The average molecular weight is 302 g/mol. The van der Waals surface area contributed by atoms with Gasteiger partial charge in [0.05, 0.1) is 4.34 Å². The zero-order valence-electron chi connectivity index (χ0n) is 10.6. The molecule has 1 heterocycles. The van der Waals surface area contributed by atoms with Crippen LogP contribution >= 0.6 is 22.9 Å². The van der Waals surface area contributed by atoms with Crippen molar-refractivity contribution in [3.8, 4) is 0 Å². The Morgan fingerprint density at radius 3 is 2.58 bits per heavy atom. The molecule has 0 saturated carbocycles. The summed E-state index contributed by atoms with van der Waals surface area (Å²) in [4.78, 5) is 0.990. The summed E-state index contributed by atoms with van der Waals surface area (Å²) in [5.41, 5.74) is 0.535. The van der Waals surface area contributed by atoms with Gasteiger partial charge in [-0.3, -0.25) is 0 Å². The van der Waals surface area contributed by atoms with Crippen molar-refractivity contribution >= 4 is 22.9 Å². The zero-order valence-corrected chi connectivity index (χ0v) is 12.2. The van der Waals surface area contributed by atoms with Gasteiger partial charge in [-0.1, -0.05) is 17.7 Å². The number of thiophene rings is 1. The van der Waals surface area contributed by atoms with Gasteiger partial charge in [0.15, 0.2) is 0 Å². The number of benzene rings is 1. The lowest BCUT2D eigenvalue weighted by atomic mass is 9.99. The van der Waals surface area contributed by atoms with Crippen molar-refractivity contribution in [1.29, 1.82) is 0 Å². The molecule has 0 amide bonds. The number of halogens is 3. The highest BCUT2D eigenvalue weighted by Crippen LogP contribution is 2.29. The summed E-state index contributed by atoms with van der Waals surface area (Å²) in [5, 5.41) is 2.97. The van der Waals surface area contributed by atoms with Crippen LogP contribution in [0.2, 0.25) is 4.34 Å². The van der Waals surface area contributed by atoms with Gasteiger partial charge >= 0.3 is 0 Å². The Balaban J connectivity index is 2.34. The topological polar surface area (TPSA) is 12.0 Å². The third-order valence-electron chi connectivity index (χ3n) is 3.05. The lowest BCUT2D eigenvalue weighted by Gasteiger charge is -2.18. The molecule has 0 fully saturated rings. The molecule has 2 rings (SSSR count). The molecule has 102 valence electrons. The predicted molar refractivity (Wildman–Crippen MR) is 75.9 cm³/mol. The van der Waals surface area contributed by atoms with Gasteiger partial charge in [0, 0.05) is 22.9 Å². The van der Waals surface area contributed by atoms with Gasteiger partial charge in [-0.05, 0) is 37.7 Å². The van der Waals surface area contributed by atoms with Gasteiger partial charge < -0.3 is 5.32 Å². The number of rotatable bonds is 4. The van der Waals surface area contributed by atoms with Gasteiger partial charge in [0.25, 0.3) is 0 Å². The fourth-order valence-electron chi connectivity index (χ4n) is 2.01. The zero-order chi connectivity index (χ0) is 14.0. The first-order chi connectivity index (χ1) is 9.02. The number of nitrogens with one attached hydrogen (secondary N) is 1. The summed E-state index contributed by atoms with van der Waals surface area (Å²) in [7, 11) is 1.70. The van der Waals surface area contributed by atoms with E-state index in [0.717, 1.165) is 4.88 Å². The van der Waals surface area contributed by atoms with Crippen molar-refractivity contribution in [2.45, 2.75) is 19.4 Å². The molecule has 0 saturated heterocycles. The van der Waals surface area contributed by atoms with Crippen molar-refractivity contribution < 1.29 is 8.78 Å². The highest BCUT2D eigenvalue weighted by molar-refractivity contribution is 7.16. The van der Waals surface area contributed by atoms with Gasteiger partial charge in [-0.15, -0.1) is 11.3 Å². The van der Waals surface area contributed by atoms with E-state index < -0.39 is 17.7 Å². The van der Waals surface area contributed by atoms with Crippen LogP contribution in [0.15, 0.2) is 24.3 Å². The molecule has 1 aromatic heterocycles. The van der Waals surface area contributed by atoms with Gasteiger partial charge in [-0.2, -0.15) is 0 Å². The largest absolute Gasteiger partial charge is 0.313 e. The van der Waals surface area contributed by atoms with Crippen LogP contribution in [0, 0.1) is 18.6 Å². The Hall–Kier alpha value is -0.970. The molecule has 0 aliphatic heterocycles. The van der Waals surface area contributed by atoms with Crippen molar-refractivity contribution in [2.24, 2.45) is 0 Å². The molecule has 1 nitrogen and oxygen atoms in total. The quantitative estimate of drug-likeness (QED) is 0.877. The van der Waals surface area contributed by atoms with E-state index in [4.69, 9.17) is 11.6 Å². The summed E-state index contributed by atoms with van der Waals surface area (Å²) < 4.78 is 28.7. The second-order valence-electron chi connectivity index (χ2n) is 4.34. The third kappa shape index (κ3) is 3.14. The fraction of sp³-hybridized carbons (Fsp3) is 0.286. The molecule has 0 aliphatic carbocycles. The van der Waals surface area contributed by atoms with E-state index in [9.17, 15) is 8.78 Å². The summed E-state index contributed by atoms with van der Waals surface area (Å²) in [5.74, 6) is -1.01. The van der Waals surface area contributed by atoms with Crippen molar-refractivity contribution in [3.05, 3.63) is 56.2 Å². The van der Waals surface area contributed by atoms with Crippen molar-refractivity contribution in [2.75, 3.05) is 7.05 Å². The molecular weight excluding hydrogens is 288 g/mol. The summed E-state index contributed by atoms with van der Waals surface area (Å²) in [6.07, 6.45) is 0.505. The summed E-state index contributed by atoms with van der Waals surface area (Å²) in [6.45, 7) is 1.63. The van der Waals surface area contributed by atoms with Crippen LogP contribution in [-0.2, 0) is 6.42 Å². The van der Waals surface area contributed by atoms with Crippen LogP contribution in [0.5, 0.6) is 0 Å². The molecule has 0 spiro atoms. The molecule has 19 heavy (non-hydrogen) atoms. The molecule has 2 aromatic rings. The van der Waals surface area contributed by atoms with Gasteiger partial charge in [-0.25, -0.2) is 8.78 Å². The Morgan fingerprint density at radius 1 is 1.26 bits per heavy atom. The maximum Gasteiger partial charge on any atom is 0.133 e. The highest BCUT2D eigenvalue weighted by atomic mass is 35.5. The molecule has 1 atom stereocenters. The minimum atomic E-state index is -0.523. The average Bonchev–Trinajstić information content (AvgIpc) is 2.78. The third-order valence-corrected chi connectivity index (χ3v) is 4.30. The first-order valence-electron chi connectivity index (χ1n) is 5.89. The van der Waals surface area contributed by atoms with Crippen LogP contribution in [0.4, 0.5) is 8.78 Å². The van der Waals surface area contributed by atoms with Gasteiger partial charge in [0.2, 0.25) is 0 Å². The van der Waals surface area contributed by atoms with Crippen LogP contribution in [0.25, 0.3) is 0 Å². The van der Waals surface area contributed by atoms with Crippen LogP contribution in [0.1, 0.15) is 22.0 Å². The minimum Gasteiger partial charge on any atom is -0.313 e. The van der Waals surface area contributed by atoms with E-state index in [0.29, 0.717) is 16.3 Å². The Kier molecular flexibility index (Phi) is 4.55. The normalized spacial score (nSPS) is 12.7. The van der Waals surface area contributed by atoms with E-state index in [1.54, 1.807) is 20.0 Å². The lowest BCUT2D eigenvalue weighted by Crippen LogP contribution is -2.21. The van der Waals surface area contributed by atoms with E-state index in [2.05, 4.69) is 5.32 Å². The molecule has 1 unspecified atom stereocenters. The van der Waals surface area contributed by atoms with E-state index in [1.807, 2.05) is 6.07 Å². The number of aryl methyl sites for hydroxylation is 1. The molecule has 0 radical (unpaired) electrons. The van der Waals surface area contributed by atoms with E-state index >= 15 is 0 Å². The number of hydrogen-bond donors (Lipinski definition) is 1. The standard InChI is InChI=1S/C14H14ClF2NS/c1-8-3-5-10(16)13(14(8)17)11(18-2)7-9-4-6-12(15)19-9/h3-6,11,18H,7H2,1-2H3. The highest BCUT2D eigenvalue weighted by Gasteiger charge is 2.21. The van der Waals surface area contributed by atoms with Gasteiger partial charge in [0.1, 0.15) is 11.6 Å². The second-order valence-corrected chi connectivity index (χ2v) is 6.14. The Bertz CT molecular complexity index is 583. The maximum absolute atomic E-state index is 14.1. The van der Waals surface area contributed by atoms with Crippen molar-refractivity contribution in [1.82, 2.24) is 5.32 Å². The molecular formula is C14H14ClF2NS. The Labute approximate surface area is 120 Å². The number of hydrogen-bond acceptors (Lipinski definition) is 2. The molecule has 0 aliphatic rings. The molecule has 0 bridgehead atoms. The second kappa shape index (κ2) is 5.99. The van der Waals surface area contributed by atoms with E-state index in [-0.39, 0.29) is 5.56 Å². The molecule has 1 aromatic carbocycles. The predicted octanol–water partition coefficient (Wildman–Crippen LogP) is 4.49. The molecule has 5 heteroatoms. The maximum atomic E-state index is 14.1.